The SMILES string of the molecule is O=S(=O)(NCCCOc1cccc2cccnc12)c1ccc(C(F)(F)F)cc1. The predicted octanol–water partition coefficient (Wildman–Crippen LogP) is 4.00. The van der Waals surface area contributed by atoms with Gasteiger partial charge in [0.2, 0.25) is 10.0 Å². The minimum Gasteiger partial charge on any atom is -0.491 e. The molecule has 28 heavy (non-hydrogen) atoms. The number of rotatable bonds is 7. The van der Waals surface area contributed by atoms with Crippen LogP contribution in [0.15, 0.2) is 65.7 Å². The van der Waals surface area contributed by atoms with Gasteiger partial charge in [-0.1, -0.05) is 18.2 Å². The summed E-state index contributed by atoms with van der Waals surface area (Å²) >= 11 is 0. The Bertz CT molecular complexity index is 1050. The molecule has 9 heteroatoms. The van der Waals surface area contributed by atoms with E-state index >= 15 is 0 Å². The highest BCUT2D eigenvalue weighted by molar-refractivity contribution is 7.89. The van der Waals surface area contributed by atoms with Gasteiger partial charge in [-0.05, 0) is 42.8 Å². The summed E-state index contributed by atoms with van der Waals surface area (Å²) < 4.78 is 70.0. The molecule has 1 aromatic heterocycles. The molecule has 3 aromatic rings. The zero-order valence-corrected chi connectivity index (χ0v) is 15.4. The van der Waals surface area contributed by atoms with Crippen molar-refractivity contribution in [3.63, 3.8) is 0 Å². The number of nitrogens with one attached hydrogen (secondary N) is 1. The van der Waals surface area contributed by atoms with Gasteiger partial charge in [-0.2, -0.15) is 13.2 Å². The summed E-state index contributed by atoms with van der Waals surface area (Å²) in [5.74, 6) is 0.601. The largest absolute Gasteiger partial charge is 0.491 e. The molecule has 0 fully saturated rings. The number of para-hydroxylation sites is 1. The number of halogens is 3. The lowest BCUT2D eigenvalue weighted by Crippen LogP contribution is -2.26. The fourth-order valence-corrected chi connectivity index (χ4v) is 3.63. The molecule has 0 saturated heterocycles. The van der Waals surface area contributed by atoms with Crippen molar-refractivity contribution in [3.05, 3.63) is 66.4 Å². The lowest BCUT2D eigenvalue weighted by atomic mass is 10.2. The van der Waals surface area contributed by atoms with Gasteiger partial charge in [0, 0.05) is 18.1 Å². The number of alkyl halides is 3. The van der Waals surface area contributed by atoms with Gasteiger partial charge >= 0.3 is 6.18 Å². The average Bonchev–Trinajstić information content (AvgIpc) is 2.67. The van der Waals surface area contributed by atoms with Crippen LogP contribution >= 0.6 is 0 Å². The van der Waals surface area contributed by atoms with Crippen LogP contribution in [0.5, 0.6) is 5.75 Å². The van der Waals surface area contributed by atoms with Gasteiger partial charge in [-0.25, -0.2) is 13.1 Å². The number of hydrogen-bond acceptors (Lipinski definition) is 4. The lowest BCUT2D eigenvalue weighted by Gasteiger charge is -2.10. The van der Waals surface area contributed by atoms with Gasteiger partial charge in [-0.3, -0.25) is 4.98 Å². The molecule has 0 aliphatic rings. The Hall–Kier alpha value is -2.65. The third-order valence-electron chi connectivity index (χ3n) is 3.96. The van der Waals surface area contributed by atoms with E-state index in [-0.39, 0.29) is 18.0 Å². The summed E-state index contributed by atoms with van der Waals surface area (Å²) in [6.45, 7) is 0.340. The normalized spacial score (nSPS) is 12.2. The number of sulfonamides is 1. The quantitative estimate of drug-likeness (QED) is 0.598. The zero-order valence-electron chi connectivity index (χ0n) is 14.6. The number of benzene rings is 2. The van der Waals surface area contributed by atoms with E-state index in [1.165, 1.54) is 0 Å². The van der Waals surface area contributed by atoms with Gasteiger partial charge in [-0.15, -0.1) is 0 Å². The van der Waals surface area contributed by atoms with E-state index in [0.717, 1.165) is 35.2 Å². The van der Waals surface area contributed by atoms with E-state index in [0.29, 0.717) is 12.2 Å². The first-order valence-corrected chi connectivity index (χ1v) is 9.89. The predicted molar refractivity (Wildman–Crippen MR) is 98.5 cm³/mol. The maximum atomic E-state index is 12.6. The van der Waals surface area contributed by atoms with Crippen LogP contribution in [0, 0.1) is 0 Å². The molecule has 1 heterocycles. The number of aromatic nitrogens is 1. The fourth-order valence-electron chi connectivity index (χ4n) is 2.56. The molecule has 0 atom stereocenters. The van der Waals surface area contributed by atoms with E-state index in [1.807, 2.05) is 24.3 Å². The fraction of sp³-hybridized carbons (Fsp3) is 0.211. The first-order valence-electron chi connectivity index (χ1n) is 8.41. The topological polar surface area (TPSA) is 68.3 Å². The van der Waals surface area contributed by atoms with Crippen molar-refractivity contribution in [2.75, 3.05) is 13.2 Å². The third-order valence-corrected chi connectivity index (χ3v) is 5.44. The smallest absolute Gasteiger partial charge is 0.416 e. The molecule has 0 amide bonds. The van der Waals surface area contributed by atoms with Crippen molar-refractivity contribution in [2.24, 2.45) is 0 Å². The van der Waals surface area contributed by atoms with E-state index < -0.39 is 21.8 Å². The van der Waals surface area contributed by atoms with Gasteiger partial charge in [0.25, 0.3) is 0 Å². The van der Waals surface area contributed by atoms with Gasteiger partial charge in [0.1, 0.15) is 11.3 Å². The van der Waals surface area contributed by atoms with Crippen LogP contribution in [0.3, 0.4) is 0 Å². The van der Waals surface area contributed by atoms with Crippen LogP contribution in [0.25, 0.3) is 10.9 Å². The second-order valence-corrected chi connectivity index (χ2v) is 7.72. The van der Waals surface area contributed by atoms with Gasteiger partial charge in [0.15, 0.2) is 0 Å². The number of ether oxygens (including phenoxy) is 1. The summed E-state index contributed by atoms with van der Waals surface area (Å²) in [6.07, 6.45) is -2.47. The highest BCUT2D eigenvalue weighted by atomic mass is 32.2. The lowest BCUT2D eigenvalue weighted by molar-refractivity contribution is -0.137. The molecule has 0 aliphatic carbocycles. The van der Waals surface area contributed by atoms with Crippen LogP contribution in [0.2, 0.25) is 0 Å². The number of fused-ring (bicyclic) bond motifs is 1. The first-order chi connectivity index (χ1) is 13.3. The Morgan fingerprint density at radius 3 is 2.43 bits per heavy atom. The molecule has 1 N–H and O–H groups in total. The Kier molecular flexibility index (Phi) is 5.85. The zero-order chi connectivity index (χ0) is 20.2. The van der Waals surface area contributed by atoms with E-state index in [4.69, 9.17) is 4.74 Å². The first kappa shape index (κ1) is 20.1. The molecular weight excluding hydrogens is 393 g/mol. The van der Waals surface area contributed by atoms with Crippen molar-refractivity contribution in [2.45, 2.75) is 17.5 Å². The highest BCUT2D eigenvalue weighted by Gasteiger charge is 2.30. The van der Waals surface area contributed by atoms with Crippen molar-refractivity contribution >= 4 is 20.9 Å². The summed E-state index contributed by atoms with van der Waals surface area (Å²) in [4.78, 5) is 4.04. The van der Waals surface area contributed by atoms with Crippen LogP contribution < -0.4 is 9.46 Å². The molecule has 0 saturated carbocycles. The third kappa shape index (κ3) is 4.79. The van der Waals surface area contributed by atoms with E-state index in [1.54, 1.807) is 12.3 Å². The van der Waals surface area contributed by atoms with Crippen molar-refractivity contribution in [1.29, 1.82) is 0 Å². The van der Waals surface area contributed by atoms with Crippen molar-refractivity contribution < 1.29 is 26.3 Å². The average molecular weight is 410 g/mol. The monoisotopic (exact) mass is 410 g/mol. The Labute approximate surface area is 160 Å². The Morgan fingerprint density at radius 2 is 1.71 bits per heavy atom. The molecule has 148 valence electrons. The molecule has 0 radical (unpaired) electrons. The maximum absolute atomic E-state index is 12.6. The highest BCUT2D eigenvalue weighted by Crippen LogP contribution is 2.29. The number of hydrogen-bond donors (Lipinski definition) is 1. The van der Waals surface area contributed by atoms with Crippen LogP contribution in [-0.2, 0) is 16.2 Å². The van der Waals surface area contributed by atoms with Gasteiger partial charge < -0.3 is 4.74 Å². The maximum Gasteiger partial charge on any atom is 0.416 e. The molecule has 5 nitrogen and oxygen atoms in total. The minimum atomic E-state index is -4.51. The van der Waals surface area contributed by atoms with E-state index in [2.05, 4.69) is 9.71 Å². The summed E-state index contributed by atoms with van der Waals surface area (Å²) in [7, 11) is -3.89. The molecule has 0 spiro atoms. The van der Waals surface area contributed by atoms with Crippen LogP contribution in [0.1, 0.15) is 12.0 Å². The molecule has 0 bridgehead atoms. The van der Waals surface area contributed by atoms with Crippen molar-refractivity contribution in [3.8, 4) is 5.75 Å². The van der Waals surface area contributed by atoms with Crippen LogP contribution in [-0.4, -0.2) is 26.6 Å². The minimum absolute atomic E-state index is 0.0849. The molecule has 0 unspecified atom stereocenters. The molecule has 2 aromatic carbocycles. The Morgan fingerprint density at radius 1 is 1.00 bits per heavy atom. The number of nitrogens with zero attached hydrogens (tertiary/aromatic N) is 1. The van der Waals surface area contributed by atoms with Gasteiger partial charge in [0.05, 0.1) is 17.1 Å². The molecule has 0 aliphatic heterocycles. The second kappa shape index (κ2) is 8.15. The standard InChI is InChI=1S/C19H17F3N2O3S/c20-19(21,22)15-7-9-16(10-8-15)28(25,26)24-12-3-13-27-17-6-1-4-14-5-2-11-23-18(14)17/h1-2,4-11,24H,3,12-13H2. The van der Waals surface area contributed by atoms with Crippen LogP contribution in [0.4, 0.5) is 13.2 Å². The summed E-state index contributed by atoms with van der Waals surface area (Å²) in [5.41, 5.74) is -0.182. The Balaban J connectivity index is 1.53. The molecular formula is C19H17F3N2O3S. The summed E-state index contributed by atoms with van der Waals surface area (Å²) in [5, 5.41) is 0.933. The summed E-state index contributed by atoms with van der Waals surface area (Å²) in [6, 6.07) is 12.6. The number of pyridine rings is 1. The second-order valence-electron chi connectivity index (χ2n) is 5.95. The van der Waals surface area contributed by atoms with Crippen molar-refractivity contribution in [1.82, 2.24) is 9.71 Å². The molecule has 3 rings (SSSR count). The van der Waals surface area contributed by atoms with E-state index in [9.17, 15) is 21.6 Å².